The quantitative estimate of drug-likeness (QED) is 0.831. The van der Waals surface area contributed by atoms with Crippen LogP contribution in [0.4, 0.5) is 4.79 Å². The van der Waals surface area contributed by atoms with Gasteiger partial charge in [-0.3, -0.25) is 9.69 Å². The first-order valence-corrected chi connectivity index (χ1v) is 6.20. The Morgan fingerprint density at radius 1 is 1.22 bits per heavy atom. The van der Waals surface area contributed by atoms with Gasteiger partial charge in [0, 0.05) is 6.54 Å². The first kappa shape index (κ1) is 12.6. The monoisotopic (exact) mass is 246 g/mol. The molecule has 1 aromatic rings. The summed E-state index contributed by atoms with van der Waals surface area (Å²) < 4.78 is 0. The Labute approximate surface area is 107 Å². The van der Waals surface area contributed by atoms with E-state index in [1.54, 1.807) is 6.92 Å². The molecule has 1 aliphatic heterocycles. The minimum absolute atomic E-state index is 0.168. The van der Waals surface area contributed by atoms with E-state index in [0.29, 0.717) is 6.54 Å². The van der Waals surface area contributed by atoms with Crippen molar-refractivity contribution in [1.82, 2.24) is 10.2 Å². The molecule has 1 fully saturated rings. The lowest BCUT2D eigenvalue weighted by Crippen LogP contribution is -2.40. The zero-order chi connectivity index (χ0) is 13.3. The molecule has 0 saturated carbocycles. The Kier molecular flexibility index (Phi) is 3.11. The number of imide groups is 1. The zero-order valence-corrected chi connectivity index (χ0v) is 11.0. The fraction of sp³-hybridized carbons (Fsp3) is 0.429. The summed E-state index contributed by atoms with van der Waals surface area (Å²) in [5.41, 5.74) is 1.02. The van der Waals surface area contributed by atoms with E-state index in [0.717, 1.165) is 17.5 Å². The lowest BCUT2D eigenvalue weighted by molar-refractivity contribution is -0.131. The lowest BCUT2D eigenvalue weighted by atomic mass is 9.91. The summed E-state index contributed by atoms with van der Waals surface area (Å²) in [4.78, 5) is 25.5. The van der Waals surface area contributed by atoms with Gasteiger partial charge >= 0.3 is 6.03 Å². The Balaban J connectivity index is 2.35. The molecule has 4 heteroatoms. The molecule has 0 aromatic heterocycles. The van der Waals surface area contributed by atoms with Gasteiger partial charge in [0.15, 0.2) is 0 Å². The number of carbonyl (C=O) groups is 2. The van der Waals surface area contributed by atoms with E-state index in [2.05, 4.69) is 5.32 Å². The Morgan fingerprint density at radius 2 is 1.83 bits per heavy atom. The predicted molar refractivity (Wildman–Crippen MR) is 69.1 cm³/mol. The summed E-state index contributed by atoms with van der Waals surface area (Å²) in [7, 11) is 0. The molecule has 1 N–H and O–H groups in total. The second-order valence-electron chi connectivity index (χ2n) is 4.88. The van der Waals surface area contributed by atoms with Gasteiger partial charge in [-0.15, -0.1) is 0 Å². The average molecular weight is 246 g/mol. The third-order valence-corrected chi connectivity index (χ3v) is 3.35. The number of aryl methyl sites for hydroxylation is 1. The fourth-order valence-electron chi connectivity index (χ4n) is 2.21. The summed E-state index contributed by atoms with van der Waals surface area (Å²) in [6.07, 6.45) is 0.767. The molecule has 0 unspecified atom stereocenters. The van der Waals surface area contributed by atoms with Gasteiger partial charge in [0.25, 0.3) is 5.91 Å². The topological polar surface area (TPSA) is 49.4 Å². The van der Waals surface area contributed by atoms with Crippen LogP contribution in [0.2, 0.25) is 0 Å². The SMILES string of the molecule is CCCN1C(=O)N[C@](C)(c2ccc(C)cc2)C1=O. The van der Waals surface area contributed by atoms with Gasteiger partial charge in [0.2, 0.25) is 0 Å². The highest BCUT2D eigenvalue weighted by atomic mass is 16.2. The summed E-state index contributed by atoms with van der Waals surface area (Å²) in [6.45, 7) is 6.16. The first-order chi connectivity index (χ1) is 8.49. The van der Waals surface area contributed by atoms with Gasteiger partial charge in [-0.2, -0.15) is 0 Å². The van der Waals surface area contributed by atoms with Crippen molar-refractivity contribution in [3.05, 3.63) is 35.4 Å². The molecule has 1 aliphatic rings. The van der Waals surface area contributed by atoms with Crippen molar-refractivity contribution in [3.63, 3.8) is 0 Å². The first-order valence-electron chi connectivity index (χ1n) is 6.20. The van der Waals surface area contributed by atoms with Crippen molar-refractivity contribution in [2.75, 3.05) is 6.54 Å². The van der Waals surface area contributed by atoms with Crippen molar-refractivity contribution in [1.29, 1.82) is 0 Å². The molecule has 1 saturated heterocycles. The van der Waals surface area contributed by atoms with Gasteiger partial charge in [0.05, 0.1) is 0 Å². The van der Waals surface area contributed by atoms with Crippen LogP contribution < -0.4 is 5.32 Å². The maximum absolute atomic E-state index is 12.4. The van der Waals surface area contributed by atoms with Crippen molar-refractivity contribution in [3.8, 4) is 0 Å². The summed E-state index contributed by atoms with van der Waals surface area (Å²) >= 11 is 0. The third kappa shape index (κ3) is 1.88. The Morgan fingerprint density at radius 3 is 2.39 bits per heavy atom. The van der Waals surface area contributed by atoms with Gasteiger partial charge in [-0.1, -0.05) is 36.8 Å². The van der Waals surface area contributed by atoms with Crippen LogP contribution in [-0.2, 0) is 10.3 Å². The van der Waals surface area contributed by atoms with Crippen LogP contribution in [0.3, 0.4) is 0 Å². The van der Waals surface area contributed by atoms with Crippen LogP contribution in [0.1, 0.15) is 31.4 Å². The molecular formula is C14H18N2O2. The van der Waals surface area contributed by atoms with E-state index in [-0.39, 0.29) is 11.9 Å². The van der Waals surface area contributed by atoms with Crippen LogP contribution in [0.5, 0.6) is 0 Å². The molecular weight excluding hydrogens is 228 g/mol. The van der Waals surface area contributed by atoms with Crippen LogP contribution >= 0.6 is 0 Å². The van der Waals surface area contributed by atoms with Crippen LogP contribution in [0.15, 0.2) is 24.3 Å². The largest absolute Gasteiger partial charge is 0.325 e. The number of benzene rings is 1. The second kappa shape index (κ2) is 4.44. The van der Waals surface area contributed by atoms with Crippen molar-refractivity contribution >= 4 is 11.9 Å². The number of hydrogen-bond donors (Lipinski definition) is 1. The average Bonchev–Trinajstić information content (AvgIpc) is 2.55. The molecule has 4 nitrogen and oxygen atoms in total. The smallest absolute Gasteiger partial charge is 0.319 e. The molecule has 0 spiro atoms. The molecule has 96 valence electrons. The molecule has 2 rings (SSSR count). The molecule has 0 bridgehead atoms. The lowest BCUT2D eigenvalue weighted by Gasteiger charge is -2.22. The van der Waals surface area contributed by atoms with Gasteiger partial charge in [0.1, 0.15) is 5.54 Å². The minimum Gasteiger partial charge on any atom is -0.319 e. The van der Waals surface area contributed by atoms with Crippen molar-refractivity contribution < 1.29 is 9.59 Å². The maximum Gasteiger partial charge on any atom is 0.325 e. The number of nitrogens with zero attached hydrogens (tertiary/aromatic N) is 1. The highest BCUT2D eigenvalue weighted by Gasteiger charge is 2.48. The van der Waals surface area contributed by atoms with Crippen LogP contribution in [0, 0.1) is 6.92 Å². The van der Waals surface area contributed by atoms with E-state index in [4.69, 9.17) is 0 Å². The van der Waals surface area contributed by atoms with Gasteiger partial charge in [-0.25, -0.2) is 4.79 Å². The summed E-state index contributed by atoms with van der Waals surface area (Å²) in [5.74, 6) is -0.168. The molecule has 3 amide bonds. The Bertz CT molecular complexity index is 481. The number of carbonyl (C=O) groups excluding carboxylic acids is 2. The van der Waals surface area contributed by atoms with Crippen LogP contribution in [-0.4, -0.2) is 23.4 Å². The minimum atomic E-state index is -0.931. The highest BCUT2D eigenvalue weighted by molar-refractivity contribution is 6.07. The van der Waals surface area contributed by atoms with Crippen LogP contribution in [0.25, 0.3) is 0 Å². The number of urea groups is 1. The number of rotatable bonds is 3. The fourth-order valence-corrected chi connectivity index (χ4v) is 2.21. The van der Waals surface area contributed by atoms with Gasteiger partial charge in [-0.05, 0) is 25.8 Å². The predicted octanol–water partition coefficient (Wildman–Crippen LogP) is 2.17. The van der Waals surface area contributed by atoms with Gasteiger partial charge < -0.3 is 5.32 Å². The summed E-state index contributed by atoms with van der Waals surface area (Å²) in [6, 6.07) is 7.38. The zero-order valence-electron chi connectivity index (χ0n) is 11.0. The third-order valence-electron chi connectivity index (χ3n) is 3.35. The van der Waals surface area contributed by atoms with E-state index in [9.17, 15) is 9.59 Å². The molecule has 1 atom stereocenters. The molecule has 1 aromatic carbocycles. The van der Waals surface area contributed by atoms with E-state index >= 15 is 0 Å². The summed E-state index contributed by atoms with van der Waals surface area (Å²) in [5, 5.41) is 2.79. The molecule has 0 aliphatic carbocycles. The van der Waals surface area contributed by atoms with Crippen molar-refractivity contribution in [2.45, 2.75) is 32.7 Å². The van der Waals surface area contributed by atoms with Crippen molar-refractivity contribution in [2.24, 2.45) is 0 Å². The normalized spacial score (nSPS) is 23.4. The molecule has 1 heterocycles. The van der Waals surface area contributed by atoms with E-state index in [1.165, 1.54) is 4.90 Å². The number of nitrogens with one attached hydrogen (secondary N) is 1. The second-order valence-corrected chi connectivity index (χ2v) is 4.88. The molecule has 18 heavy (non-hydrogen) atoms. The number of hydrogen-bond acceptors (Lipinski definition) is 2. The maximum atomic E-state index is 12.4. The highest BCUT2D eigenvalue weighted by Crippen LogP contribution is 2.28. The van der Waals surface area contributed by atoms with E-state index < -0.39 is 5.54 Å². The molecule has 0 radical (unpaired) electrons. The standard InChI is InChI=1S/C14H18N2O2/c1-4-9-16-12(17)14(3,15-13(16)18)11-7-5-10(2)6-8-11/h5-8H,4,9H2,1-3H3,(H,15,18)/t14-/m1/s1. The Hall–Kier alpha value is -1.84. The number of amides is 3. The van der Waals surface area contributed by atoms with E-state index in [1.807, 2.05) is 38.1 Å².